The number of halogens is 2. The van der Waals surface area contributed by atoms with Crippen molar-refractivity contribution in [2.24, 2.45) is 40.9 Å². The smallest absolute Gasteiger partial charge is 0.496 e. The van der Waals surface area contributed by atoms with Crippen LogP contribution in [0.3, 0.4) is 0 Å². The molecule has 0 aliphatic heterocycles. The van der Waals surface area contributed by atoms with Crippen molar-refractivity contribution in [1.82, 2.24) is 60.7 Å². The highest BCUT2D eigenvalue weighted by molar-refractivity contribution is 7.89. The lowest BCUT2D eigenvalue weighted by molar-refractivity contribution is -0.0000189. The zero-order chi connectivity index (χ0) is 60.7. The highest BCUT2D eigenvalue weighted by atomic mass is 127. The lowest BCUT2D eigenvalue weighted by Gasteiger charge is -2.41. The molecule has 0 rings (SSSR count). The van der Waals surface area contributed by atoms with Gasteiger partial charge in [-0.05, 0) is 250 Å². The summed E-state index contributed by atoms with van der Waals surface area (Å²) in [5.41, 5.74) is 0. The molecule has 0 aliphatic rings. The van der Waals surface area contributed by atoms with Crippen LogP contribution >= 0.6 is 85.5 Å². The molecule has 0 saturated carbocycles. The minimum atomic E-state index is -3.01. The zero-order valence-corrected chi connectivity index (χ0v) is 66.9. The van der Waals surface area contributed by atoms with Crippen LogP contribution in [-0.4, -0.2) is 323 Å². The van der Waals surface area contributed by atoms with E-state index in [4.69, 9.17) is 52.5 Å². The van der Waals surface area contributed by atoms with Gasteiger partial charge in [0, 0.05) is 39.9 Å². The molecule has 22 nitrogen and oxygen atoms in total. The van der Waals surface area contributed by atoms with Crippen molar-refractivity contribution in [1.29, 1.82) is 0 Å². The number of nitrogens with zero attached hydrogens (tertiary/aromatic N) is 22. The Bertz CT molecular complexity index is 2200. The molecule has 0 spiro atoms. The molecule has 460 valence electrons. The second kappa shape index (κ2) is 34.6. The predicted molar refractivity (Wildman–Crippen MR) is 364 cm³/mol. The maximum absolute atomic E-state index is 5.87. The van der Waals surface area contributed by atoms with E-state index in [0.29, 0.717) is 12.4 Å². The molecule has 0 unspecified atom stereocenters. The summed E-state index contributed by atoms with van der Waals surface area (Å²) in [6.07, 6.45) is 3.58. The second-order valence-corrected chi connectivity index (χ2v) is 57.9. The van der Waals surface area contributed by atoms with Crippen molar-refractivity contribution in [3.8, 4) is 0 Å². The topological polar surface area (TPSA) is 153 Å². The first kappa shape index (κ1) is 84.9. The van der Waals surface area contributed by atoms with Crippen molar-refractivity contribution in [3.63, 3.8) is 0 Å². The molecule has 0 fully saturated rings. The molecule has 0 aliphatic carbocycles. The lowest BCUT2D eigenvalue weighted by Crippen LogP contribution is -3.00. The Morgan fingerprint density at radius 2 is 0.671 bits per heavy atom. The largest absolute Gasteiger partial charge is 1.00 e. The molecule has 0 N–H and O–H groups in total. The second-order valence-electron chi connectivity index (χ2n) is 22.2. The molecular weight excluding hydrogens is 1280 g/mol. The van der Waals surface area contributed by atoms with Gasteiger partial charge in [-0.1, -0.05) is 16.7 Å². The quantitative estimate of drug-likeness (QED) is 0.0390. The van der Waals surface area contributed by atoms with E-state index < -0.39 is 73.9 Å². The van der Waals surface area contributed by atoms with Gasteiger partial charge in [-0.2, -0.15) is 13.5 Å². The van der Waals surface area contributed by atoms with Crippen LogP contribution in [0.25, 0.3) is 0 Å². The number of hydrogen-bond donors (Lipinski definition) is 0. The van der Waals surface area contributed by atoms with Gasteiger partial charge >= 0.3 is 15.4 Å². The van der Waals surface area contributed by atoms with Gasteiger partial charge in [0.15, 0.2) is 0 Å². The summed E-state index contributed by atoms with van der Waals surface area (Å²) in [5.74, 6) is 0.556. The van der Waals surface area contributed by atoms with E-state index in [1.165, 1.54) is 0 Å². The number of allylic oxidation sites excluding steroid dienone is 1. The van der Waals surface area contributed by atoms with E-state index in [1.54, 1.807) is 6.08 Å². The molecule has 0 atom stereocenters. The highest BCUT2D eigenvalue weighted by Crippen LogP contribution is 2.84. The summed E-state index contributed by atoms with van der Waals surface area (Å²) in [6.45, 7) is 30.4. The highest BCUT2D eigenvalue weighted by Gasteiger charge is 2.52. The van der Waals surface area contributed by atoms with Gasteiger partial charge in [0.1, 0.15) is 29.4 Å². The van der Waals surface area contributed by atoms with Crippen LogP contribution in [0.2, 0.25) is 0 Å². The third kappa shape index (κ3) is 23.7. The number of alkyl halides is 1. The van der Waals surface area contributed by atoms with Crippen LogP contribution in [0.4, 0.5) is 0 Å². The van der Waals surface area contributed by atoms with E-state index in [-0.39, 0.29) is 24.0 Å². The Kier molecular flexibility index (Phi) is 38.6. The standard InChI is InChI=1S/C21H59N11P5.C18H54N11P5.C3H5Cl.HI/c1-20-21-32(14)37(30(10)11,31(12)13)25-36(22-33(15,16)17,23-34(18,26(2)3)27(4)5)24-35(19,28(6)7)29(8)9;1-19-34(28(10)11,29(12)13)23-33(20-30(14,15)16,21-31(17,24(2)3)25(4)5)22-32(18,26(6)7)27(8)9;1-2-3-4;/h20H,1,21H2,2-19H3;1-18H3;2H,1,3H2;1H/q+1;;;/p-1. The van der Waals surface area contributed by atoms with E-state index in [9.17, 15) is 0 Å². The minimum Gasteiger partial charge on any atom is -1.00 e. The third-order valence-electron chi connectivity index (χ3n) is 11.9. The molecule has 34 heteroatoms. The van der Waals surface area contributed by atoms with Crippen LogP contribution in [0.5, 0.6) is 0 Å². The van der Waals surface area contributed by atoms with Crippen LogP contribution in [0.1, 0.15) is 0 Å². The van der Waals surface area contributed by atoms with Crippen molar-refractivity contribution < 1.29 is 24.0 Å². The summed E-state index contributed by atoms with van der Waals surface area (Å²) in [4.78, 5) is 0. The summed E-state index contributed by atoms with van der Waals surface area (Å²) < 4.78 is 79.3. The fourth-order valence-corrected chi connectivity index (χ4v) is 42.9. The third-order valence-corrected chi connectivity index (χ3v) is 49.4. The van der Waals surface area contributed by atoms with Crippen LogP contribution < -0.4 is 24.0 Å². The molecular formula is C42H118ClIN22P10. The summed E-state index contributed by atoms with van der Waals surface area (Å²) in [6, 6.07) is 0. The SMILES string of the molecule is C=CCCl.C=CCN(C)P(=N[P+](N=P(C)(C)C)(N=P(C)(N(C)C)N(C)C)N=P(C)(N(C)C)N(C)C)(N(C)C)N(C)C.CN=P(N=P(N=P(C)(C)C)(N=P(C)(N(C)C)N(C)C)N=P(C)(N(C)C)N(C)C)(N(C)C)N(C)C.[I-]. The summed E-state index contributed by atoms with van der Waals surface area (Å²) >= 11 is 5.07. The zero-order valence-electron chi connectivity index (χ0n) is 55.0. The van der Waals surface area contributed by atoms with Gasteiger partial charge in [-0.25, -0.2) is 27.9 Å². The van der Waals surface area contributed by atoms with Crippen LogP contribution in [0.15, 0.2) is 66.2 Å². The molecule has 0 bridgehead atoms. The van der Waals surface area contributed by atoms with Crippen LogP contribution in [-0.2, 0) is 0 Å². The Morgan fingerprint density at radius 3 is 0.855 bits per heavy atom. The maximum atomic E-state index is 5.87. The minimum absolute atomic E-state index is 0. The molecule has 0 radical (unpaired) electrons. The van der Waals surface area contributed by atoms with Gasteiger partial charge < -0.3 is 24.0 Å². The monoisotopic (exact) mass is 1400 g/mol. The van der Waals surface area contributed by atoms with Crippen molar-refractivity contribution in [3.05, 3.63) is 25.3 Å². The first-order chi connectivity index (χ1) is 33.4. The number of likely N-dealkylation sites (N-methyl/N-ethyl adjacent to an activating group) is 1. The van der Waals surface area contributed by atoms with E-state index in [2.05, 4.69) is 289 Å². The first-order valence-electron chi connectivity index (χ1n) is 24.3. The van der Waals surface area contributed by atoms with E-state index >= 15 is 0 Å². The lowest BCUT2D eigenvalue weighted by atomic mass is 10.6. The Morgan fingerprint density at radius 1 is 0.382 bits per heavy atom. The Labute approximate surface area is 495 Å². The first-order valence-corrected chi connectivity index (χ1v) is 45.8. The molecule has 0 aromatic rings. The van der Waals surface area contributed by atoms with Gasteiger partial charge in [0.05, 0.1) is 0 Å². The normalized spacial score (nSPS) is 13.9. The fourth-order valence-electron chi connectivity index (χ4n) is 6.65. The van der Waals surface area contributed by atoms with Gasteiger partial charge in [-0.3, -0.25) is 42.1 Å². The number of rotatable bonds is 24. The van der Waals surface area contributed by atoms with E-state index in [1.807, 2.05) is 41.3 Å². The van der Waals surface area contributed by atoms with Crippen LogP contribution in [0, 0.1) is 0 Å². The van der Waals surface area contributed by atoms with Gasteiger partial charge in [0.25, 0.3) is 0 Å². The molecule has 0 aromatic carbocycles. The average Bonchev–Trinajstić information content (AvgIpc) is 3.22. The summed E-state index contributed by atoms with van der Waals surface area (Å²) in [5, 5.41) is 0. The Balaban J connectivity index is -0.000000630. The fraction of sp³-hybridized carbons (Fsp3) is 0.905. The Hall–Kier alpha value is 2.48. The molecule has 0 amide bonds. The predicted octanol–water partition coefficient (Wildman–Crippen LogP) is 11.2. The summed E-state index contributed by atoms with van der Waals surface area (Å²) in [7, 11) is 31.3. The average molecular weight is 1400 g/mol. The van der Waals surface area contributed by atoms with Crippen molar-refractivity contribution in [2.75, 3.05) is 262 Å². The van der Waals surface area contributed by atoms with E-state index in [0.717, 1.165) is 0 Å². The van der Waals surface area contributed by atoms with Gasteiger partial charge in [0.2, 0.25) is 15.0 Å². The van der Waals surface area contributed by atoms with Crippen molar-refractivity contribution in [2.45, 2.75) is 0 Å². The maximum Gasteiger partial charge on any atom is 0.496 e. The molecule has 0 heterocycles. The molecule has 0 aromatic heterocycles. The van der Waals surface area contributed by atoms with Gasteiger partial charge in [-0.15, -0.1) is 24.8 Å². The van der Waals surface area contributed by atoms with Crippen molar-refractivity contribution >= 4 is 85.5 Å². The molecule has 0 saturated heterocycles. The molecule has 76 heavy (non-hydrogen) atoms. The number of hydrogen-bond acceptors (Lipinski definition) is 5.